The van der Waals surface area contributed by atoms with Gasteiger partial charge in [-0.3, -0.25) is 0 Å². The molecule has 1 saturated heterocycles. The van der Waals surface area contributed by atoms with Gasteiger partial charge >= 0.3 is 0 Å². The van der Waals surface area contributed by atoms with E-state index in [0.29, 0.717) is 6.54 Å². The summed E-state index contributed by atoms with van der Waals surface area (Å²) in [5.41, 5.74) is 2.14. The van der Waals surface area contributed by atoms with E-state index in [1.54, 1.807) is 6.07 Å². The first-order chi connectivity index (χ1) is 8.31. The molecule has 0 radical (unpaired) electrons. The molecule has 94 valence electrons. The van der Waals surface area contributed by atoms with E-state index >= 15 is 0 Å². The van der Waals surface area contributed by atoms with E-state index < -0.39 is 0 Å². The van der Waals surface area contributed by atoms with Gasteiger partial charge in [-0.15, -0.1) is 0 Å². The number of nitrogens with one attached hydrogen (secondary N) is 1. The fourth-order valence-electron chi connectivity index (χ4n) is 2.07. The third kappa shape index (κ3) is 3.17. The lowest BCUT2D eigenvalue weighted by atomic mass is 10.1. The smallest absolute Gasteiger partial charge is 0.123 e. The van der Waals surface area contributed by atoms with Gasteiger partial charge in [-0.2, -0.15) is 0 Å². The van der Waals surface area contributed by atoms with Crippen molar-refractivity contribution >= 4 is 5.69 Å². The lowest BCUT2D eigenvalue weighted by Crippen LogP contribution is -2.37. The van der Waals surface area contributed by atoms with Crippen molar-refractivity contribution in [3.8, 4) is 0 Å². The van der Waals surface area contributed by atoms with Crippen LogP contribution in [0, 0.1) is 5.82 Å². The molecule has 1 N–H and O–H groups in total. The fourth-order valence-corrected chi connectivity index (χ4v) is 2.07. The summed E-state index contributed by atoms with van der Waals surface area (Å²) in [6.07, 6.45) is 0. The Labute approximate surface area is 102 Å². The molecular weight excluding hydrogens is 219 g/mol. The van der Waals surface area contributed by atoms with Gasteiger partial charge in [-0.1, -0.05) is 6.92 Å². The van der Waals surface area contributed by atoms with E-state index in [1.807, 2.05) is 13.0 Å². The van der Waals surface area contributed by atoms with Crippen molar-refractivity contribution in [2.45, 2.75) is 13.5 Å². The number of rotatable bonds is 4. The SMILES string of the molecule is CCNCc1cc(F)ccc1N1CCOCC1. The standard InChI is InChI=1S/C13H19FN2O/c1-2-15-10-11-9-12(14)3-4-13(11)16-5-7-17-8-6-16/h3-4,9,15H,2,5-8,10H2,1H3. The minimum absolute atomic E-state index is 0.171. The number of anilines is 1. The molecule has 17 heavy (non-hydrogen) atoms. The van der Waals surface area contributed by atoms with Crippen LogP contribution in [-0.4, -0.2) is 32.8 Å². The highest BCUT2D eigenvalue weighted by Crippen LogP contribution is 2.22. The first-order valence-electron chi connectivity index (χ1n) is 6.13. The molecule has 0 aliphatic carbocycles. The summed E-state index contributed by atoms with van der Waals surface area (Å²) in [6, 6.07) is 5.01. The van der Waals surface area contributed by atoms with Crippen LogP contribution < -0.4 is 10.2 Å². The maximum atomic E-state index is 13.3. The Bertz CT molecular complexity index is 364. The Morgan fingerprint density at radius 3 is 2.82 bits per heavy atom. The average Bonchev–Trinajstić information content (AvgIpc) is 2.37. The summed E-state index contributed by atoms with van der Waals surface area (Å²) in [7, 11) is 0. The molecule has 0 unspecified atom stereocenters. The van der Waals surface area contributed by atoms with Crippen molar-refractivity contribution in [2.24, 2.45) is 0 Å². The molecule has 3 nitrogen and oxygen atoms in total. The van der Waals surface area contributed by atoms with Crippen molar-refractivity contribution in [3.63, 3.8) is 0 Å². The molecule has 0 aromatic heterocycles. The molecule has 0 atom stereocenters. The van der Waals surface area contributed by atoms with Gasteiger partial charge in [0.25, 0.3) is 0 Å². The molecule has 1 aromatic carbocycles. The third-order valence-electron chi connectivity index (χ3n) is 2.96. The predicted molar refractivity (Wildman–Crippen MR) is 66.8 cm³/mol. The van der Waals surface area contributed by atoms with Gasteiger partial charge in [0.05, 0.1) is 13.2 Å². The molecule has 4 heteroatoms. The second kappa shape index (κ2) is 5.98. The highest BCUT2D eigenvalue weighted by molar-refractivity contribution is 5.54. The minimum Gasteiger partial charge on any atom is -0.378 e. The first kappa shape index (κ1) is 12.3. The molecule has 1 aliphatic rings. The van der Waals surface area contributed by atoms with Crippen molar-refractivity contribution in [3.05, 3.63) is 29.6 Å². The topological polar surface area (TPSA) is 24.5 Å². The van der Waals surface area contributed by atoms with Crippen molar-refractivity contribution in [1.82, 2.24) is 5.32 Å². The fraction of sp³-hybridized carbons (Fsp3) is 0.538. The zero-order chi connectivity index (χ0) is 12.1. The third-order valence-corrected chi connectivity index (χ3v) is 2.96. The highest BCUT2D eigenvalue weighted by Gasteiger charge is 2.14. The van der Waals surface area contributed by atoms with Crippen LogP contribution in [0.15, 0.2) is 18.2 Å². The normalized spacial score (nSPS) is 16.2. The number of hydrogen-bond donors (Lipinski definition) is 1. The van der Waals surface area contributed by atoms with E-state index in [9.17, 15) is 4.39 Å². The summed E-state index contributed by atoms with van der Waals surface area (Å²) in [5, 5.41) is 3.25. The molecule has 1 aromatic rings. The van der Waals surface area contributed by atoms with Crippen LogP contribution in [0.2, 0.25) is 0 Å². The van der Waals surface area contributed by atoms with Gasteiger partial charge in [0.1, 0.15) is 5.82 Å². The number of hydrogen-bond acceptors (Lipinski definition) is 3. The first-order valence-corrected chi connectivity index (χ1v) is 6.13. The number of morpholine rings is 1. The molecule has 1 aliphatic heterocycles. The van der Waals surface area contributed by atoms with Crippen LogP contribution in [0.3, 0.4) is 0 Å². The summed E-state index contributed by atoms with van der Waals surface area (Å²) in [4.78, 5) is 2.26. The Balaban J connectivity index is 2.18. The summed E-state index contributed by atoms with van der Waals surface area (Å²) < 4.78 is 18.6. The second-order valence-electron chi connectivity index (χ2n) is 4.15. The molecule has 0 spiro atoms. The lowest BCUT2D eigenvalue weighted by molar-refractivity contribution is 0.122. The zero-order valence-corrected chi connectivity index (χ0v) is 10.2. The second-order valence-corrected chi connectivity index (χ2v) is 4.15. The van der Waals surface area contributed by atoms with E-state index in [4.69, 9.17) is 4.74 Å². The van der Waals surface area contributed by atoms with Gasteiger partial charge in [0.15, 0.2) is 0 Å². The molecule has 0 saturated carbocycles. The zero-order valence-electron chi connectivity index (χ0n) is 10.2. The van der Waals surface area contributed by atoms with Crippen LogP contribution in [0.4, 0.5) is 10.1 Å². The molecular formula is C13H19FN2O. The Hall–Kier alpha value is -1.13. The maximum absolute atomic E-state index is 13.3. The summed E-state index contributed by atoms with van der Waals surface area (Å²) >= 11 is 0. The van der Waals surface area contributed by atoms with Crippen LogP contribution in [0.1, 0.15) is 12.5 Å². The van der Waals surface area contributed by atoms with Gasteiger partial charge in [-0.25, -0.2) is 4.39 Å². The van der Waals surface area contributed by atoms with Gasteiger partial charge in [0.2, 0.25) is 0 Å². The quantitative estimate of drug-likeness (QED) is 0.865. The van der Waals surface area contributed by atoms with Gasteiger partial charge in [0, 0.05) is 25.3 Å². The van der Waals surface area contributed by atoms with Crippen molar-refractivity contribution < 1.29 is 9.13 Å². The van der Waals surface area contributed by atoms with E-state index in [1.165, 1.54) is 6.07 Å². The number of ether oxygens (including phenoxy) is 1. The van der Waals surface area contributed by atoms with Crippen molar-refractivity contribution in [2.75, 3.05) is 37.7 Å². The highest BCUT2D eigenvalue weighted by atomic mass is 19.1. The van der Waals surface area contributed by atoms with E-state index in [-0.39, 0.29) is 5.82 Å². The van der Waals surface area contributed by atoms with Crippen LogP contribution in [-0.2, 0) is 11.3 Å². The number of halogens is 1. The largest absolute Gasteiger partial charge is 0.378 e. The Morgan fingerprint density at radius 1 is 1.35 bits per heavy atom. The molecule has 1 fully saturated rings. The van der Waals surface area contributed by atoms with E-state index in [2.05, 4.69) is 10.2 Å². The molecule has 0 bridgehead atoms. The minimum atomic E-state index is -0.171. The molecule has 1 heterocycles. The monoisotopic (exact) mass is 238 g/mol. The maximum Gasteiger partial charge on any atom is 0.123 e. The Morgan fingerprint density at radius 2 is 2.12 bits per heavy atom. The summed E-state index contributed by atoms with van der Waals surface area (Å²) in [6.45, 7) is 6.90. The number of nitrogens with zero attached hydrogens (tertiary/aromatic N) is 1. The van der Waals surface area contributed by atoms with Crippen LogP contribution >= 0.6 is 0 Å². The van der Waals surface area contributed by atoms with Crippen molar-refractivity contribution in [1.29, 1.82) is 0 Å². The predicted octanol–water partition coefficient (Wildman–Crippen LogP) is 1.77. The number of benzene rings is 1. The average molecular weight is 238 g/mol. The van der Waals surface area contributed by atoms with Gasteiger partial charge < -0.3 is 15.0 Å². The molecule has 0 amide bonds. The van der Waals surface area contributed by atoms with Gasteiger partial charge in [-0.05, 0) is 30.3 Å². The lowest BCUT2D eigenvalue weighted by Gasteiger charge is -2.30. The van der Waals surface area contributed by atoms with Crippen LogP contribution in [0.5, 0.6) is 0 Å². The molecule has 2 rings (SSSR count). The Kier molecular flexibility index (Phi) is 4.34. The van der Waals surface area contributed by atoms with Crippen LogP contribution in [0.25, 0.3) is 0 Å². The van der Waals surface area contributed by atoms with E-state index in [0.717, 1.165) is 44.1 Å². The summed E-state index contributed by atoms with van der Waals surface area (Å²) in [5.74, 6) is -0.171.